The highest BCUT2D eigenvalue weighted by atomic mass is 32.2. The summed E-state index contributed by atoms with van der Waals surface area (Å²) in [7, 11) is 1.84. The molecule has 0 saturated heterocycles. The van der Waals surface area contributed by atoms with Crippen molar-refractivity contribution in [3.63, 3.8) is 0 Å². The van der Waals surface area contributed by atoms with Crippen LogP contribution in [0.5, 0.6) is 0 Å². The normalized spacial score (nSPS) is 10.6. The molecule has 0 fully saturated rings. The van der Waals surface area contributed by atoms with Gasteiger partial charge in [0.2, 0.25) is 0 Å². The van der Waals surface area contributed by atoms with Crippen LogP contribution in [0.15, 0.2) is 0 Å². The Morgan fingerprint density at radius 2 is 2.20 bits per heavy atom. The highest BCUT2D eigenvalue weighted by Gasteiger charge is 2.09. The molecule has 20 heavy (non-hydrogen) atoms. The van der Waals surface area contributed by atoms with E-state index in [0.717, 1.165) is 48.8 Å². The standard InChI is InChI=1S/C14H26N4OS/c1-5-20-10-8-15-14(19)18(4)9-6-7-13-11(2)16-17-12(13)3/h5-10H2,1-4H3,(H,15,19)(H,16,17). The number of H-pyrrole nitrogens is 1. The summed E-state index contributed by atoms with van der Waals surface area (Å²) in [5.41, 5.74) is 3.47. The number of urea groups is 1. The molecule has 1 aromatic heterocycles. The fourth-order valence-corrected chi connectivity index (χ4v) is 2.58. The third kappa shape index (κ3) is 5.45. The minimum absolute atomic E-state index is 0.0161. The van der Waals surface area contributed by atoms with E-state index in [-0.39, 0.29) is 6.03 Å². The zero-order valence-electron chi connectivity index (χ0n) is 13.0. The maximum absolute atomic E-state index is 11.8. The molecule has 0 aliphatic heterocycles. The zero-order valence-corrected chi connectivity index (χ0v) is 13.8. The molecule has 0 aliphatic carbocycles. The summed E-state index contributed by atoms with van der Waals surface area (Å²) in [6.07, 6.45) is 1.91. The van der Waals surface area contributed by atoms with E-state index in [1.54, 1.807) is 4.90 Å². The largest absolute Gasteiger partial charge is 0.337 e. The van der Waals surface area contributed by atoms with E-state index in [4.69, 9.17) is 0 Å². The number of nitrogens with zero attached hydrogens (tertiary/aromatic N) is 2. The number of nitrogens with one attached hydrogen (secondary N) is 2. The van der Waals surface area contributed by atoms with E-state index in [1.807, 2.05) is 32.7 Å². The van der Waals surface area contributed by atoms with Crippen molar-refractivity contribution in [2.45, 2.75) is 33.6 Å². The van der Waals surface area contributed by atoms with E-state index in [1.165, 1.54) is 5.56 Å². The van der Waals surface area contributed by atoms with Gasteiger partial charge in [-0.05, 0) is 38.0 Å². The first-order chi connectivity index (χ1) is 9.56. The third-order valence-corrected chi connectivity index (χ3v) is 4.18. The number of thioether (sulfide) groups is 1. The number of aryl methyl sites for hydroxylation is 2. The summed E-state index contributed by atoms with van der Waals surface area (Å²) < 4.78 is 0. The van der Waals surface area contributed by atoms with E-state index < -0.39 is 0 Å². The van der Waals surface area contributed by atoms with Gasteiger partial charge in [-0.15, -0.1) is 0 Å². The van der Waals surface area contributed by atoms with Crippen LogP contribution in [0.4, 0.5) is 4.79 Å². The number of amides is 2. The van der Waals surface area contributed by atoms with Crippen LogP contribution in [0.2, 0.25) is 0 Å². The number of aromatic nitrogens is 2. The second-order valence-corrected chi connectivity index (χ2v) is 6.26. The van der Waals surface area contributed by atoms with Crippen LogP contribution in [0, 0.1) is 13.8 Å². The predicted octanol–water partition coefficient (Wildman–Crippen LogP) is 2.35. The van der Waals surface area contributed by atoms with E-state index in [9.17, 15) is 4.79 Å². The number of carbonyl (C=O) groups excluding carboxylic acids is 1. The van der Waals surface area contributed by atoms with Crippen LogP contribution in [0.1, 0.15) is 30.3 Å². The first-order valence-electron chi connectivity index (χ1n) is 7.13. The van der Waals surface area contributed by atoms with Crippen LogP contribution in [-0.2, 0) is 6.42 Å². The maximum atomic E-state index is 11.8. The molecule has 1 rings (SSSR count). The van der Waals surface area contributed by atoms with Gasteiger partial charge in [0.25, 0.3) is 0 Å². The molecular weight excluding hydrogens is 272 g/mol. The van der Waals surface area contributed by atoms with Gasteiger partial charge in [-0.25, -0.2) is 4.79 Å². The average Bonchev–Trinajstić information content (AvgIpc) is 2.74. The Labute approximate surface area is 125 Å². The smallest absolute Gasteiger partial charge is 0.317 e. The molecule has 1 heterocycles. The third-order valence-electron chi connectivity index (χ3n) is 3.27. The van der Waals surface area contributed by atoms with Gasteiger partial charge in [0.05, 0.1) is 5.69 Å². The summed E-state index contributed by atoms with van der Waals surface area (Å²) in [6, 6.07) is 0.0161. The minimum Gasteiger partial charge on any atom is -0.337 e. The number of hydrogen-bond acceptors (Lipinski definition) is 3. The molecule has 0 unspecified atom stereocenters. The lowest BCUT2D eigenvalue weighted by molar-refractivity contribution is 0.209. The van der Waals surface area contributed by atoms with Crippen LogP contribution in [-0.4, -0.2) is 52.8 Å². The SMILES string of the molecule is CCSCCNC(=O)N(C)CCCc1c(C)n[nH]c1C. The Bertz CT molecular complexity index is 400. The molecule has 0 radical (unpaired) electrons. The van der Waals surface area contributed by atoms with Gasteiger partial charge < -0.3 is 10.2 Å². The molecule has 0 aliphatic rings. The van der Waals surface area contributed by atoms with Crippen LogP contribution in [0.25, 0.3) is 0 Å². The summed E-state index contributed by atoms with van der Waals surface area (Å²) in [6.45, 7) is 7.68. The number of carbonyl (C=O) groups is 1. The Balaban J connectivity index is 2.22. The molecule has 0 atom stereocenters. The Hall–Kier alpha value is -1.17. The minimum atomic E-state index is 0.0161. The van der Waals surface area contributed by atoms with E-state index >= 15 is 0 Å². The average molecular weight is 298 g/mol. The first-order valence-corrected chi connectivity index (χ1v) is 8.28. The van der Waals surface area contributed by atoms with Crippen molar-refractivity contribution in [3.05, 3.63) is 17.0 Å². The van der Waals surface area contributed by atoms with Crippen molar-refractivity contribution >= 4 is 17.8 Å². The molecule has 0 bridgehead atoms. The lowest BCUT2D eigenvalue weighted by atomic mass is 10.1. The molecule has 0 saturated carbocycles. The highest BCUT2D eigenvalue weighted by Crippen LogP contribution is 2.11. The van der Waals surface area contributed by atoms with Crippen molar-refractivity contribution in [1.82, 2.24) is 20.4 Å². The monoisotopic (exact) mass is 298 g/mol. The predicted molar refractivity (Wildman–Crippen MR) is 85.4 cm³/mol. The molecule has 6 heteroatoms. The van der Waals surface area contributed by atoms with Gasteiger partial charge in [0, 0.05) is 31.6 Å². The fraction of sp³-hybridized carbons (Fsp3) is 0.714. The van der Waals surface area contributed by atoms with Crippen LogP contribution in [0.3, 0.4) is 0 Å². The number of rotatable bonds is 8. The molecule has 114 valence electrons. The highest BCUT2D eigenvalue weighted by molar-refractivity contribution is 7.99. The second kappa shape index (κ2) is 8.89. The van der Waals surface area contributed by atoms with Gasteiger partial charge in [-0.3, -0.25) is 5.10 Å². The quantitative estimate of drug-likeness (QED) is 0.724. The molecule has 0 spiro atoms. The molecule has 2 amide bonds. The second-order valence-electron chi connectivity index (χ2n) is 4.87. The Morgan fingerprint density at radius 3 is 2.80 bits per heavy atom. The van der Waals surface area contributed by atoms with Crippen molar-refractivity contribution in [1.29, 1.82) is 0 Å². The lowest BCUT2D eigenvalue weighted by Crippen LogP contribution is -2.38. The van der Waals surface area contributed by atoms with Crippen LogP contribution < -0.4 is 5.32 Å². The summed E-state index contributed by atoms with van der Waals surface area (Å²) in [5.74, 6) is 2.07. The number of aromatic amines is 1. The maximum Gasteiger partial charge on any atom is 0.317 e. The molecule has 0 aromatic carbocycles. The lowest BCUT2D eigenvalue weighted by Gasteiger charge is -2.17. The molecule has 5 nitrogen and oxygen atoms in total. The Morgan fingerprint density at radius 1 is 1.45 bits per heavy atom. The van der Waals surface area contributed by atoms with Crippen molar-refractivity contribution in [2.24, 2.45) is 0 Å². The van der Waals surface area contributed by atoms with E-state index in [0.29, 0.717) is 0 Å². The summed E-state index contributed by atoms with van der Waals surface area (Å²) in [4.78, 5) is 13.6. The van der Waals surface area contributed by atoms with Gasteiger partial charge in [-0.2, -0.15) is 16.9 Å². The van der Waals surface area contributed by atoms with Crippen molar-refractivity contribution < 1.29 is 4.79 Å². The molecule has 2 N–H and O–H groups in total. The topological polar surface area (TPSA) is 61.0 Å². The Kier molecular flexibility index (Phi) is 7.51. The van der Waals surface area contributed by atoms with Gasteiger partial charge in [-0.1, -0.05) is 6.92 Å². The van der Waals surface area contributed by atoms with Gasteiger partial charge >= 0.3 is 6.03 Å². The number of hydrogen-bond donors (Lipinski definition) is 2. The van der Waals surface area contributed by atoms with Crippen LogP contribution >= 0.6 is 11.8 Å². The zero-order chi connectivity index (χ0) is 15.0. The fourth-order valence-electron chi connectivity index (χ4n) is 2.05. The summed E-state index contributed by atoms with van der Waals surface area (Å²) >= 11 is 1.84. The molecular formula is C14H26N4OS. The molecule has 1 aromatic rings. The van der Waals surface area contributed by atoms with E-state index in [2.05, 4.69) is 22.4 Å². The summed E-state index contributed by atoms with van der Waals surface area (Å²) in [5, 5.41) is 10.1. The van der Waals surface area contributed by atoms with Crippen molar-refractivity contribution in [2.75, 3.05) is 31.6 Å². The van der Waals surface area contributed by atoms with Gasteiger partial charge in [0.15, 0.2) is 0 Å². The van der Waals surface area contributed by atoms with Gasteiger partial charge in [0.1, 0.15) is 0 Å². The van der Waals surface area contributed by atoms with Crippen molar-refractivity contribution in [3.8, 4) is 0 Å². The first kappa shape index (κ1) is 16.9.